The Morgan fingerprint density at radius 1 is 1.10 bits per heavy atom. The van der Waals surface area contributed by atoms with Crippen LogP contribution in [0, 0.1) is 0 Å². The lowest BCUT2D eigenvalue weighted by Gasteiger charge is -2.23. The van der Waals surface area contributed by atoms with Crippen molar-refractivity contribution in [1.29, 1.82) is 0 Å². The Kier molecular flexibility index (Phi) is 3.75. The smallest absolute Gasteiger partial charge is 0.151 e. The van der Waals surface area contributed by atoms with Crippen molar-refractivity contribution in [1.82, 2.24) is 0 Å². The Hall–Kier alpha value is -1.80. The van der Waals surface area contributed by atoms with Crippen LogP contribution >= 0.6 is 11.6 Å². The molecule has 20 heavy (non-hydrogen) atoms. The van der Waals surface area contributed by atoms with Gasteiger partial charge in [0.05, 0.1) is 5.02 Å². The fourth-order valence-corrected chi connectivity index (χ4v) is 2.95. The second kappa shape index (κ2) is 5.68. The zero-order valence-electron chi connectivity index (χ0n) is 11.2. The molecule has 102 valence electrons. The number of aryl methyl sites for hydroxylation is 1. The second-order valence-corrected chi connectivity index (χ2v) is 5.52. The first-order chi connectivity index (χ1) is 9.78. The first-order valence-electron chi connectivity index (χ1n) is 6.84. The minimum atomic E-state index is 0.523. The highest BCUT2D eigenvalue weighted by Gasteiger charge is 2.15. The van der Waals surface area contributed by atoms with Crippen LogP contribution in [0.4, 0.5) is 5.69 Å². The number of benzene rings is 2. The lowest BCUT2D eigenvalue weighted by molar-refractivity contribution is 0.112. The largest absolute Gasteiger partial charge is 0.367 e. The summed E-state index contributed by atoms with van der Waals surface area (Å²) in [5.41, 5.74) is 4.44. The number of hydrogen-bond donors (Lipinski definition) is 0. The molecule has 1 aliphatic heterocycles. The number of nitrogens with zero attached hydrogens (tertiary/aromatic N) is 1. The van der Waals surface area contributed by atoms with Crippen LogP contribution < -0.4 is 4.90 Å². The van der Waals surface area contributed by atoms with Gasteiger partial charge in [-0.15, -0.1) is 0 Å². The number of carbonyl (C=O) groups is 1. The van der Waals surface area contributed by atoms with Crippen molar-refractivity contribution in [3.05, 3.63) is 64.2 Å². The molecule has 0 amide bonds. The van der Waals surface area contributed by atoms with Gasteiger partial charge in [0.15, 0.2) is 6.29 Å². The Balaban J connectivity index is 1.91. The van der Waals surface area contributed by atoms with Crippen LogP contribution in [0.15, 0.2) is 42.5 Å². The van der Waals surface area contributed by atoms with E-state index in [9.17, 15) is 4.79 Å². The minimum Gasteiger partial charge on any atom is -0.367 e. The van der Waals surface area contributed by atoms with Crippen LogP contribution in [0.3, 0.4) is 0 Å². The van der Waals surface area contributed by atoms with E-state index in [1.54, 1.807) is 6.07 Å². The molecular weight excluding hydrogens is 270 g/mol. The van der Waals surface area contributed by atoms with E-state index in [0.29, 0.717) is 10.6 Å². The summed E-state index contributed by atoms with van der Waals surface area (Å²) in [6, 6.07) is 14.2. The predicted molar refractivity (Wildman–Crippen MR) is 82.7 cm³/mol. The summed E-state index contributed by atoms with van der Waals surface area (Å²) >= 11 is 6.13. The maximum atomic E-state index is 10.8. The van der Waals surface area contributed by atoms with Gasteiger partial charge in [0.2, 0.25) is 0 Å². The summed E-state index contributed by atoms with van der Waals surface area (Å²) in [6.07, 6.45) is 3.04. The zero-order valence-corrected chi connectivity index (χ0v) is 11.9. The van der Waals surface area contributed by atoms with E-state index >= 15 is 0 Å². The molecule has 0 atom stereocenters. The number of aldehydes is 1. The SMILES string of the molecule is O=Cc1ccc(N2CCCc3ccccc3C2)cc1Cl. The lowest BCUT2D eigenvalue weighted by Crippen LogP contribution is -2.22. The molecule has 0 saturated carbocycles. The van der Waals surface area contributed by atoms with Crippen LogP contribution in [0.25, 0.3) is 0 Å². The number of fused-ring (bicyclic) bond motifs is 1. The van der Waals surface area contributed by atoms with E-state index in [1.807, 2.05) is 12.1 Å². The molecule has 0 unspecified atom stereocenters. The van der Waals surface area contributed by atoms with Gasteiger partial charge in [0.1, 0.15) is 0 Å². The molecular formula is C17H16ClNO. The zero-order chi connectivity index (χ0) is 13.9. The molecule has 0 aliphatic carbocycles. The minimum absolute atomic E-state index is 0.523. The average molecular weight is 286 g/mol. The summed E-state index contributed by atoms with van der Waals surface area (Å²) in [6.45, 7) is 1.90. The summed E-state index contributed by atoms with van der Waals surface area (Å²) in [5.74, 6) is 0. The van der Waals surface area contributed by atoms with E-state index in [4.69, 9.17) is 11.6 Å². The first-order valence-corrected chi connectivity index (χ1v) is 7.22. The molecule has 2 aromatic rings. The van der Waals surface area contributed by atoms with Gasteiger partial charge in [-0.3, -0.25) is 4.79 Å². The van der Waals surface area contributed by atoms with Crippen molar-refractivity contribution in [2.75, 3.05) is 11.4 Å². The Morgan fingerprint density at radius 3 is 2.65 bits per heavy atom. The van der Waals surface area contributed by atoms with Crippen molar-refractivity contribution in [3.8, 4) is 0 Å². The third-order valence-electron chi connectivity index (χ3n) is 3.83. The Bertz CT molecular complexity index is 639. The van der Waals surface area contributed by atoms with Crippen molar-refractivity contribution in [3.63, 3.8) is 0 Å². The van der Waals surface area contributed by atoms with Crippen LogP contribution in [0.1, 0.15) is 27.9 Å². The Morgan fingerprint density at radius 2 is 1.90 bits per heavy atom. The highest BCUT2D eigenvalue weighted by molar-refractivity contribution is 6.33. The molecule has 0 aromatic heterocycles. The molecule has 0 saturated heterocycles. The molecule has 0 radical (unpaired) electrons. The van der Waals surface area contributed by atoms with Crippen molar-refractivity contribution < 1.29 is 4.79 Å². The maximum absolute atomic E-state index is 10.8. The second-order valence-electron chi connectivity index (χ2n) is 5.12. The highest BCUT2D eigenvalue weighted by Crippen LogP contribution is 2.27. The average Bonchev–Trinajstić information content (AvgIpc) is 2.69. The van der Waals surface area contributed by atoms with Gasteiger partial charge in [0.25, 0.3) is 0 Å². The summed E-state index contributed by atoms with van der Waals surface area (Å²) in [5, 5.41) is 0.523. The molecule has 0 spiro atoms. The van der Waals surface area contributed by atoms with E-state index in [0.717, 1.165) is 37.9 Å². The molecule has 0 N–H and O–H groups in total. The van der Waals surface area contributed by atoms with Crippen LogP contribution in [0.2, 0.25) is 5.02 Å². The van der Waals surface area contributed by atoms with Crippen molar-refractivity contribution in [2.24, 2.45) is 0 Å². The fraction of sp³-hybridized carbons (Fsp3) is 0.235. The summed E-state index contributed by atoms with van der Waals surface area (Å²) in [4.78, 5) is 13.2. The normalized spacial score (nSPS) is 14.6. The molecule has 1 heterocycles. The van der Waals surface area contributed by atoms with Gasteiger partial charge < -0.3 is 4.90 Å². The van der Waals surface area contributed by atoms with Gasteiger partial charge in [-0.1, -0.05) is 35.9 Å². The van der Waals surface area contributed by atoms with E-state index in [-0.39, 0.29) is 0 Å². The van der Waals surface area contributed by atoms with Crippen molar-refractivity contribution in [2.45, 2.75) is 19.4 Å². The molecule has 3 rings (SSSR count). The standard InChI is InChI=1S/C17H16ClNO/c18-17-10-16(8-7-15(17)12-20)19-9-3-6-13-4-1-2-5-14(13)11-19/h1-2,4-5,7-8,10,12H,3,6,9,11H2. The quantitative estimate of drug-likeness (QED) is 0.774. The third kappa shape index (κ3) is 2.56. The third-order valence-corrected chi connectivity index (χ3v) is 4.16. The van der Waals surface area contributed by atoms with Gasteiger partial charge >= 0.3 is 0 Å². The lowest BCUT2D eigenvalue weighted by atomic mass is 10.0. The maximum Gasteiger partial charge on any atom is 0.151 e. The molecule has 2 aromatic carbocycles. The van der Waals surface area contributed by atoms with Gasteiger partial charge in [0, 0.05) is 24.3 Å². The number of halogens is 1. The molecule has 0 fully saturated rings. The first kappa shape index (κ1) is 13.2. The van der Waals surface area contributed by atoms with Crippen molar-refractivity contribution >= 4 is 23.6 Å². The number of carbonyl (C=O) groups excluding carboxylic acids is 1. The van der Waals surface area contributed by atoms with Crippen LogP contribution in [-0.4, -0.2) is 12.8 Å². The summed E-state index contributed by atoms with van der Waals surface area (Å²) < 4.78 is 0. The van der Waals surface area contributed by atoms with Crippen LogP contribution in [0.5, 0.6) is 0 Å². The molecule has 2 nitrogen and oxygen atoms in total. The van der Waals surface area contributed by atoms with Crippen LogP contribution in [-0.2, 0) is 13.0 Å². The number of hydrogen-bond acceptors (Lipinski definition) is 2. The number of anilines is 1. The monoisotopic (exact) mass is 285 g/mol. The van der Waals surface area contributed by atoms with Gasteiger partial charge in [-0.25, -0.2) is 0 Å². The van der Waals surface area contributed by atoms with Gasteiger partial charge in [-0.2, -0.15) is 0 Å². The summed E-state index contributed by atoms with van der Waals surface area (Å²) in [7, 11) is 0. The predicted octanol–water partition coefficient (Wildman–Crippen LogP) is 4.11. The van der Waals surface area contributed by atoms with Gasteiger partial charge in [-0.05, 0) is 42.2 Å². The van der Waals surface area contributed by atoms with E-state index < -0.39 is 0 Å². The molecule has 1 aliphatic rings. The fourth-order valence-electron chi connectivity index (χ4n) is 2.73. The van der Waals surface area contributed by atoms with E-state index in [2.05, 4.69) is 29.2 Å². The highest BCUT2D eigenvalue weighted by atomic mass is 35.5. The molecule has 3 heteroatoms. The Labute approximate surface area is 124 Å². The van der Waals surface area contributed by atoms with E-state index in [1.165, 1.54) is 11.1 Å². The topological polar surface area (TPSA) is 20.3 Å². The number of rotatable bonds is 2. The molecule has 0 bridgehead atoms.